The van der Waals surface area contributed by atoms with Gasteiger partial charge in [0.25, 0.3) is 5.69 Å². The summed E-state index contributed by atoms with van der Waals surface area (Å²) >= 11 is 0. The number of rotatable bonds is 3. The van der Waals surface area contributed by atoms with Gasteiger partial charge >= 0.3 is 0 Å². The summed E-state index contributed by atoms with van der Waals surface area (Å²) in [4.78, 5) is 14.6. The second kappa shape index (κ2) is 5.76. The van der Waals surface area contributed by atoms with Crippen LogP contribution in [0, 0.1) is 10.1 Å². The Balaban J connectivity index is 1.98. The zero-order valence-electron chi connectivity index (χ0n) is 11.9. The fourth-order valence-electron chi connectivity index (χ4n) is 2.20. The molecular weight excluding hydrogens is 296 g/mol. The van der Waals surface area contributed by atoms with Crippen LogP contribution in [0.5, 0.6) is 11.5 Å². The van der Waals surface area contributed by atoms with Crippen LogP contribution in [-0.4, -0.2) is 20.1 Å². The number of fused-ring (bicyclic) bond motifs is 1. The van der Waals surface area contributed by atoms with Crippen LogP contribution in [0.2, 0.25) is 0 Å². The molecule has 0 saturated heterocycles. The van der Waals surface area contributed by atoms with E-state index in [1.807, 2.05) is 12.1 Å². The van der Waals surface area contributed by atoms with E-state index in [0.717, 1.165) is 5.39 Å². The number of para-hydroxylation sites is 1. The molecule has 0 saturated carbocycles. The van der Waals surface area contributed by atoms with E-state index in [4.69, 9.17) is 0 Å². The van der Waals surface area contributed by atoms with E-state index in [1.165, 1.54) is 24.3 Å². The van der Waals surface area contributed by atoms with Crippen molar-refractivity contribution in [3.8, 4) is 11.5 Å². The molecule has 1 heterocycles. The number of nitro groups is 1. The third kappa shape index (κ3) is 2.96. The Morgan fingerprint density at radius 1 is 1.00 bits per heavy atom. The number of hydrogen-bond acceptors (Lipinski definition) is 5. The molecule has 2 aromatic carbocycles. The highest BCUT2D eigenvalue weighted by Gasteiger charge is 2.08. The van der Waals surface area contributed by atoms with E-state index in [2.05, 4.69) is 4.98 Å². The van der Waals surface area contributed by atoms with Crippen LogP contribution in [0.4, 0.5) is 5.69 Å². The topological polar surface area (TPSA) is 96.5 Å². The zero-order valence-corrected chi connectivity index (χ0v) is 11.9. The first kappa shape index (κ1) is 14.5. The quantitative estimate of drug-likeness (QED) is 0.567. The minimum absolute atomic E-state index is 0.0597. The predicted octanol–water partition coefficient (Wildman–Crippen LogP) is 3.72. The lowest BCUT2D eigenvalue weighted by atomic mass is 10.1. The number of phenolic OH excluding ortho intramolecular Hbond substituents is 2. The molecule has 0 aliphatic heterocycles. The molecule has 0 amide bonds. The lowest BCUT2D eigenvalue weighted by molar-refractivity contribution is -0.384. The SMILES string of the molecule is O=[N+]([O-])c1ccc(O)c(/C=C/c2ccc3cccc(O)c3n2)c1. The zero-order chi connectivity index (χ0) is 16.4. The summed E-state index contributed by atoms with van der Waals surface area (Å²) in [5.74, 6) is 0.0198. The van der Waals surface area contributed by atoms with E-state index < -0.39 is 4.92 Å². The van der Waals surface area contributed by atoms with Crippen LogP contribution in [0.25, 0.3) is 23.1 Å². The largest absolute Gasteiger partial charge is 0.507 e. The standard InChI is InChI=1S/C17H12N2O4/c20-15-9-8-14(19(22)23)10-12(15)5-7-13-6-4-11-2-1-3-16(21)17(11)18-13/h1-10,20-21H/b7-5+. The Hall–Kier alpha value is -3.41. The number of hydrogen-bond donors (Lipinski definition) is 2. The van der Waals surface area contributed by atoms with Crippen molar-refractivity contribution in [1.29, 1.82) is 0 Å². The molecule has 3 aromatic rings. The molecular formula is C17H12N2O4. The van der Waals surface area contributed by atoms with Crippen LogP contribution in [0.3, 0.4) is 0 Å². The fraction of sp³-hybridized carbons (Fsp3) is 0. The first-order valence-electron chi connectivity index (χ1n) is 6.79. The minimum Gasteiger partial charge on any atom is -0.507 e. The molecule has 0 aliphatic carbocycles. The van der Waals surface area contributed by atoms with Gasteiger partial charge < -0.3 is 10.2 Å². The first-order valence-corrected chi connectivity index (χ1v) is 6.79. The maximum Gasteiger partial charge on any atom is 0.270 e. The monoisotopic (exact) mass is 308 g/mol. The van der Waals surface area contributed by atoms with E-state index in [-0.39, 0.29) is 17.2 Å². The molecule has 23 heavy (non-hydrogen) atoms. The summed E-state index contributed by atoms with van der Waals surface area (Å²) in [6, 6.07) is 12.5. The van der Waals surface area contributed by atoms with Gasteiger partial charge in [0.15, 0.2) is 0 Å². The average molecular weight is 308 g/mol. The van der Waals surface area contributed by atoms with Crippen molar-refractivity contribution in [3.63, 3.8) is 0 Å². The molecule has 0 atom stereocenters. The number of aromatic nitrogens is 1. The highest BCUT2D eigenvalue weighted by Crippen LogP contribution is 2.26. The van der Waals surface area contributed by atoms with Gasteiger partial charge in [-0.1, -0.05) is 18.2 Å². The highest BCUT2D eigenvalue weighted by molar-refractivity contribution is 5.85. The van der Waals surface area contributed by atoms with Gasteiger partial charge in [-0.3, -0.25) is 10.1 Å². The van der Waals surface area contributed by atoms with E-state index in [1.54, 1.807) is 24.3 Å². The van der Waals surface area contributed by atoms with Crippen molar-refractivity contribution >= 4 is 28.7 Å². The third-order valence-corrected chi connectivity index (χ3v) is 3.38. The summed E-state index contributed by atoms with van der Waals surface area (Å²) in [7, 11) is 0. The number of benzene rings is 2. The van der Waals surface area contributed by atoms with Gasteiger partial charge in [0, 0.05) is 23.1 Å². The smallest absolute Gasteiger partial charge is 0.270 e. The predicted molar refractivity (Wildman–Crippen MR) is 87.1 cm³/mol. The van der Waals surface area contributed by atoms with E-state index >= 15 is 0 Å². The number of nitrogens with zero attached hydrogens (tertiary/aromatic N) is 2. The first-order chi connectivity index (χ1) is 11.0. The normalized spacial score (nSPS) is 11.1. The molecule has 0 fully saturated rings. The Morgan fingerprint density at radius 3 is 2.61 bits per heavy atom. The molecule has 0 aliphatic rings. The van der Waals surface area contributed by atoms with Crippen LogP contribution in [0.1, 0.15) is 11.3 Å². The van der Waals surface area contributed by atoms with Crippen molar-refractivity contribution in [2.75, 3.05) is 0 Å². The number of aromatic hydroxyl groups is 2. The van der Waals surface area contributed by atoms with Gasteiger partial charge in [-0.05, 0) is 30.4 Å². The van der Waals surface area contributed by atoms with Gasteiger partial charge in [0.05, 0.1) is 10.6 Å². The van der Waals surface area contributed by atoms with E-state index in [9.17, 15) is 20.3 Å². The van der Waals surface area contributed by atoms with Crippen molar-refractivity contribution in [3.05, 3.63) is 69.9 Å². The molecule has 2 N–H and O–H groups in total. The summed E-state index contributed by atoms with van der Waals surface area (Å²) < 4.78 is 0. The van der Waals surface area contributed by atoms with Crippen molar-refractivity contribution < 1.29 is 15.1 Å². The van der Waals surface area contributed by atoms with Gasteiger partial charge in [-0.25, -0.2) is 4.98 Å². The number of non-ortho nitro benzene ring substituents is 1. The summed E-state index contributed by atoms with van der Waals surface area (Å²) in [5, 5.41) is 31.2. The molecule has 0 unspecified atom stereocenters. The summed E-state index contributed by atoms with van der Waals surface area (Å²) in [6.07, 6.45) is 3.15. The molecule has 6 nitrogen and oxygen atoms in total. The van der Waals surface area contributed by atoms with Crippen LogP contribution in [-0.2, 0) is 0 Å². The Bertz CT molecular complexity index is 935. The summed E-state index contributed by atoms with van der Waals surface area (Å²) in [6.45, 7) is 0. The second-order valence-corrected chi connectivity index (χ2v) is 4.92. The Labute approximate surface area is 131 Å². The van der Waals surface area contributed by atoms with E-state index in [0.29, 0.717) is 16.8 Å². The van der Waals surface area contributed by atoms with Crippen molar-refractivity contribution in [2.24, 2.45) is 0 Å². The lowest BCUT2D eigenvalue weighted by Gasteiger charge is -2.02. The van der Waals surface area contributed by atoms with Gasteiger partial charge in [-0.15, -0.1) is 0 Å². The number of phenols is 2. The van der Waals surface area contributed by atoms with Crippen LogP contribution >= 0.6 is 0 Å². The molecule has 0 radical (unpaired) electrons. The summed E-state index contributed by atoms with van der Waals surface area (Å²) in [5.41, 5.74) is 1.24. The lowest BCUT2D eigenvalue weighted by Crippen LogP contribution is -1.88. The molecule has 6 heteroatoms. The minimum atomic E-state index is -0.525. The second-order valence-electron chi connectivity index (χ2n) is 4.92. The maximum atomic E-state index is 10.8. The molecule has 3 rings (SSSR count). The molecule has 0 bridgehead atoms. The van der Waals surface area contributed by atoms with Crippen molar-refractivity contribution in [1.82, 2.24) is 4.98 Å². The molecule has 1 aromatic heterocycles. The molecule has 114 valence electrons. The average Bonchev–Trinajstić information content (AvgIpc) is 2.54. The third-order valence-electron chi connectivity index (χ3n) is 3.38. The van der Waals surface area contributed by atoms with Crippen molar-refractivity contribution in [2.45, 2.75) is 0 Å². The highest BCUT2D eigenvalue weighted by atomic mass is 16.6. The van der Waals surface area contributed by atoms with Gasteiger partial charge in [0.2, 0.25) is 0 Å². The fourth-order valence-corrected chi connectivity index (χ4v) is 2.20. The van der Waals surface area contributed by atoms with Gasteiger partial charge in [-0.2, -0.15) is 0 Å². The van der Waals surface area contributed by atoms with Crippen LogP contribution < -0.4 is 0 Å². The van der Waals surface area contributed by atoms with Gasteiger partial charge in [0.1, 0.15) is 17.0 Å². The Morgan fingerprint density at radius 2 is 1.83 bits per heavy atom. The van der Waals surface area contributed by atoms with Crippen LogP contribution in [0.15, 0.2) is 48.5 Å². The maximum absolute atomic E-state index is 10.8. The molecule has 0 spiro atoms. The number of nitro benzene ring substituents is 1. The Kier molecular flexibility index (Phi) is 3.64. The number of pyridine rings is 1.